The van der Waals surface area contributed by atoms with Crippen LogP contribution in [0.15, 0.2) is 41.4 Å². The first-order valence-electron chi connectivity index (χ1n) is 9.83. The largest absolute Gasteiger partial charge is 0.345 e. The Morgan fingerprint density at radius 1 is 1.11 bits per heavy atom. The summed E-state index contributed by atoms with van der Waals surface area (Å²) < 4.78 is 29.6. The minimum Gasteiger partial charge on any atom is -0.345 e. The van der Waals surface area contributed by atoms with Crippen molar-refractivity contribution in [2.45, 2.75) is 31.6 Å². The second kappa shape index (κ2) is 6.95. The molecule has 6 nitrogen and oxygen atoms in total. The van der Waals surface area contributed by atoms with Crippen LogP contribution >= 0.6 is 0 Å². The molecule has 0 bridgehead atoms. The Labute approximate surface area is 166 Å². The average Bonchev–Trinajstić information content (AvgIpc) is 3.24. The molecule has 1 aromatic carbocycles. The lowest BCUT2D eigenvalue weighted by Crippen LogP contribution is -2.43. The van der Waals surface area contributed by atoms with Gasteiger partial charge in [-0.15, -0.1) is 0 Å². The molecule has 150 valence electrons. The third kappa shape index (κ3) is 3.21. The van der Waals surface area contributed by atoms with Crippen LogP contribution in [-0.4, -0.2) is 43.4 Å². The third-order valence-electron chi connectivity index (χ3n) is 5.79. The maximum Gasteiger partial charge on any atom is 0.270 e. The number of carbonyl (C=O) groups excluding carboxylic acids is 1. The van der Waals surface area contributed by atoms with Gasteiger partial charge < -0.3 is 9.47 Å². The maximum atomic E-state index is 13.3. The lowest BCUT2D eigenvalue weighted by molar-refractivity contribution is 0.0613. The summed E-state index contributed by atoms with van der Waals surface area (Å²) >= 11 is 0. The molecule has 1 aromatic heterocycles. The molecule has 2 aliphatic heterocycles. The van der Waals surface area contributed by atoms with Crippen molar-refractivity contribution >= 4 is 21.6 Å². The van der Waals surface area contributed by atoms with E-state index >= 15 is 0 Å². The molecule has 1 amide bonds. The van der Waals surface area contributed by atoms with Crippen LogP contribution in [0.4, 0.5) is 5.69 Å². The number of sulfonamides is 1. The van der Waals surface area contributed by atoms with Gasteiger partial charge in [-0.2, -0.15) is 0 Å². The molecule has 0 spiro atoms. The number of carbonyl (C=O) groups is 1. The fourth-order valence-corrected chi connectivity index (χ4v) is 6.14. The van der Waals surface area contributed by atoms with E-state index in [-0.39, 0.29) is 10.8 Å². The van der Waals surface area contributed by atoms with Crippen molar-refractivity contribution in [1.82, 2.24) is 9.47 Å². The Morgan fingerprint density at radius 2 is 1.79 bits per heavy atom. The molecule has 2 atom stereocenters. The molecule has 7 heteroatoms. The van der Waals surface area contributed by atoms with Gasteiger partial charge in [0, 0.05) is 32.9 Å². The number of hydrogen-bond donors (Lipinski definition) is 0. The lowest BCUT2D eigenvalue weighted by Gasteiger charge is -2.35. The normalized spacial score (nSPS) is 22.4. The minimum atomic E-state index is -3.70. The molecule has 0 saturated carbocycles. The monoisotopic (exact) mass is 401 g/mol. The summed E-state index contributed by atoms with van der Waals surface area (Å²) in [6, 6.07) is 9.11. The van der Waals surface area contributed by atoms with Crippen LogP contribution in [0.1, 0.15) is 36.3 Å². The highest BCUT2D eigenvalue weighted by Gasteiger charge is 2.33. The number of fused-ring (bicyclic) bond motifs is 1. The number of anilines is 1. The first kappa shape index (κ1) is 19.1. The highest BCUT2D eigenvalue weighted by molar-refractivity contribution is 7.92. The molecule has 2 aliphatic rings. The SMILES string of the molecule is C[C@@H]1C[C@H](C)CN(C(=O)c2cc(S(=O)(=O)N3CCc4ccccc43)cn2C)C1. The molecule has 0 N–H and O–H groups in total. The lowest BCUT2D eigenvalue weighted by atomic mass is 9.92. The molecule has 0 aliphatic carbocycles. The third-order valence-corrected chi connectivity index (χ3v) is 7.57. The number of hydrogen-bond acceptors (Lipinski definition) is 3. The van der Waals surface area contributed by atoms with E-state index in [1.165, 1.54) is 10.4 Å². The zero-order chi connectivity index (χ0) is 20.1. The fourth-order valence-electron chi connectivity index (χ4n) is 4.56. The molecule has 2 aromatic rings. The summed E-state index contributed by atoms with van der Waals surface area (Å²) in [5.74, 6) is 0.818. The number of rotatable bonds is 3. The van der Waals surface area contributed by atoms with Crippen molar-refractivity contribution in [1.29, 1.82) is 0 Å². The van der Waals surface area contributed by atoms with Crippen LogP contribution in [0.5, 0.6) is 0 Å². The molecule has 0 radical (unpaired) electrons. The smallest absolute Gasteiger partial charge is 0.270 e. The van der Waals surface area contributed by atoms with Gasteiger partial charge in [-0.25, -0.2) is 8.42 Å². The maximum absolute atomic E-state index is 13.3. The van der Waals surface area contributed by atoms with Crippen molar-refractivity contribution in [3.8, 4) is 0 Å². The van der Waals surface area contributed by atoms with Crippen LogP contribution in [0, 0.1) is 11.8 Å². The van der Waals surface area contributed by atoms with E-state index in [2.05, 4.69) is 13.8 Å². The van der Waals surface area contributed by atoms with Crippen molar-refractivity contribution < 1.29 is 13.2 Å². The fraction of sp³-hybridized carbons (Fsp3) is 0.476. The molecule has 1 fully saturated rings. The Morgan fingerprint density at radius 3 is 2.50 bits per heavy atom. The molecule has 28 heavy (non-hydrogen) atoms. The molecule has 0 unspecified atom stereocenters. The summed E-state index contributed by atoms with van der Waals surface area (Å²) in [5, 5.41) is 0. The number of aryl methyl sites for hydroxylation is 1. The van der Waals surface area contributed by atoms with Crippen LogP contribution in [0.2, 0.25) is 0 Å². The first-order valence-corrected chi connectivity index (χ1v) is 11.3. The van der Waals surface area contributed by atoms with Gasteiger partial charge in [0.05, 0.1) is 5.69 Å². The minimum absolute atomic E-state index is 0.0934. The van der Waals surface area contributed by atoms with Gasteiger partial charge in [0.15, 0.2) is 0 Å². The van der Waals surface area contributed by atoms with Gasteiger partial charge in [-0.05, 0) is 42.4 Å². The van der Waals surface area contributed by atoms with Gasteiger partial charge in [-0.3, -0.25) is 9.10 Å². The van der Waals surface area contributed by atoms with Crippen LogP contribution in [0.25, 0.3) is 0 Å². The van der Waals surface area contributed by atoms with Gasteiger partial charge in [0.2, 0.25) is 0 Å². The summed E-state index contributed by atoms with van der Waals surface area (Å²) in [4.78, 5) is 15.1. The van der Waals surface area contributed by atoms with E-state index in [1.807, 2.05) is 29.2 Å². The Balaban J connectivity index is 1.63. The quantitative estimate of drug-likeness (QED) is 0.794. The molecular weight excluding hydrogens is 374 g/mol. The summed E-state index contributed by atoms with van der Waals surface area (Å²) in [6.45, 7) is 6.18. The van der Waals surface area contributed by atoms with E-state index in [1.54, 1.807) is 17.8 Å². The summed E-state index contributed by atoms with van der Waals surface area (Å²) in [7, 11) is -1.96. The molecule has 3 heterocycles. The number of piperidine rings is 1. The first-order chi connectivity index (χ1) is 13.3. The standard InChI is InChI=1S/C21H27N3O3S/c1-15-10-16(2)13-23(12-15)21(25)20-11-18(14-22(20)3)28(26,27)24-9-8-17-6-4-5-7-19(17)24/h4-7,11,14-16H,8-10,12-13H2,1-3H3/t15-,16+. The van der Waals surface area contributed by atoms with E-state index in [9.17, 15) is 13.2 Å². The van der Waals surface area contributed by atoms with Gasteiger partial charge in [-0.1, -0.05) is 32.0 Å². The predicted molar refractivity (Wildman–Crippen MR) is 109 cm³/mol. The van der Waals surface area contributed by atoms with E-state index in [0.29, 0.717) is 30.5 Å². The summed E-state index contributed by atoms with van der Waals surface area (Å²) in [6.07, 6.45) is 3.38. The van der Waals surface area contributed by atoms with Crippen LogP contribution in [-0.2, 0) is 23.5 Å². The number of aromatic nitrogens is 1. The molecule has 4 rings (SSSR count). The highest BCUT2D eigenvalue weighted by Crippen LogP contribution is 2.33. The Bertz CT molecular complexity index is 1000. The topological polar surface area (TPSA) is 62.6 Å². The van der Waals surface area contributed by atoms with Gasteiger partial charge >= 0.3 is 0 Å². The van der Waals surface area contributed by atoms with Crippen LogP contribution < -0.4 is 4.31 Å². The van der Waals surface area contributed by atoms with Crippen molar-refractivity contribution in [2.75, 3.05) is 23.9 Å². The van der Waals surface area contributed by atoms with Crippen molar-refractivity contribution in [2.24, 2.45) is 18.9 Å². The average molecular weight is 402 g/mol. The number of amides is 1. The number of para-hydroxylation sites is 1. The van der Waals surface area contributed by atoms with Crippen molar-refractivity contribution in [3.05, 3.63) is 47.8 Å². The number of benzene rings is 1. The van der Waals surface area contributed by atoms with E-state index in [0.717, 1.165) is 30.8 Å². The predicted octanol–water partition coefficient (Wildman–Crippen LogP) is 2.89. The Hall–Kier alpha value is -2.28. The Kier molecular flexibility index (Phi) is 4.73. The van der Waals surface area contributed by atoms with Crippen LogP contribution in [0.3, 0.4) is 0 Å². The second-order valence-electron chi connectivity index (χ2n) is 8.28. The van der Waals surface area contributed by atoms with E-state index in [4.69, 9.17) is 0 Å². The highest BCUT2D eigenvalue weighted by atomic mass is 32.2. The second-order valence-corrected chi connectivity index (χ2v) is 10.1. The van der Waals surface area contributed by atoms with Crippen molar-refractivity contribution in [3.63, 3.8) is 0 Å². The number of nitrogens with zero attached hydrogens (tertiary/aromatic N) is 3. The number of likely N-dealkylation sites (tertiary alicyclic amines) is 1. The zero-order valence-corrected chi connectivity index (χ0v) is 17.4. The van der Waals surface area contributed by atoms with E-state index < -0.39 is 10.0 Å². The van der Waals surface area contributed by atoms with Gasteiger partial charge in [0.25, 0.3) is 15.9 Å². The van der Waals surface area contributed by atoms with Gasteiger partial charge in [0.1, 0.15) is 10.6 Å². The molecule has 1 saturated heterocycles. The summed E-state index contributed by atoms with van der Waals surface area (Å²) in [5.41, 5.74) is 2.19. The zero-order valence-electron chi connectivity index (χ0n) is 16.6. The molecular formula is C21H27N3O3S.